The number of carbonyl (C=O) groups excluding carboxylic acids is 1. The number of hydrogen-bond acceptors (Lipinski definition) is 3. The molecule has 5 nitrogen and oxygen atoms in total. The lowest BCUT2D eigenvalue weighted by molar-refractivity contribution is 0.0680. The topological polar surface area (TPSA) is 61.0 Å². The third kappa shape index (κ3) is 2.16. The van der Waals surface area contributed by atoms with E-state index in [0.717, 1.165) is 29.8 Å². The quantitative estimate of drug-likeness (QED) is 0.846. The summed E-state index contributed by atoms with van der Waals surface area (Å²) in [6.45, 7) is 3.80. The van der Waals surface area contributed by atoms with Crippen molar-refractivity contribution in [3.63, 3.8) is 0 Å². The van der Waals surface area contributed by atoms with Gasteiger partial charge in [0, 0.05) is 30.9 Å². The van der Waals surface area contributed by atoms with Crippen LogP contribution in [-0.2, 0) is 0 Å². The van der Waals surface area contributed by atoms with Gasteiger partial charge in [-0.2, -0.15) is 5.10 Å². The highest BCUT2D eigenvalue weighted by Gasteiger charge is 2.37. The molecule has 3 heterocycles. The number of piperidine rings is 1. The molecule has 2 fully saturated rings. The van der Waals surface area contributed by atoms with Crippen molar-refractivity contribution in [3.05, 3.63) is 17.0 Å². The molecule has 2 bridgehead atoms. The Labute approximate surface area is 113 Å². The molecule has 1 aromatic rings. The Hall–Kier alpha value is -1.36. The van der Waals surface area contributed by atoms with Gasteiger partial charge in [0.1, 0.15) is 0 Å². The standard InChI is InChI=1S/C14H22N4O/c1-8-13(9(2)17-16-8)14(19)18(3)12-6-10-4-5-11(7-12)15-10/h10-12,15H,4-7H2,1-3H3,(H,16,17). The highest BCUT2D eigenvalue weighted by Crippen LogP contribution is 2.30. The van der Waals surface area contributed by atoms with Crippen LogP contribution in [0.4, 0.5) is 0 Å². The van der Waals surface area contributed by atoms with Gasteiger partial charge in [-0.3, -0.25) is 9.89 Å². The molecule has 2 aliphatic heterocycles. The zero-order valence-corrected chi connectivity index (χ0v) is 11.9. The molecule has 2 unspecified atom stereocenters. The fourth-order valence-electron chi connectivity index (χ4n) is 3.55. The average molecular weight is 262 g/mol. The van der Waals surface area contributed by atoms with Gasteiger partial charge >= 0.3 is 0 Å². The van der Waals surface area contributed by atoms with Crippen LogP contribution in [0.1, 0.15) is 47.4 Å². The van der Waals surface area contributed by atoms with Gasteiger partial charge in [-0.15, -0.1) is 0 Å². The molecule has 1 amide bonds. The number of fused-ring (bicyclic) bond motifs is 2. The molecule has 5 heteroatoms. The van der Waals surface area contributed by atoms with Crippen molar-refractivity contribution < 1.29 is 4.79 Å². The molecule has 0 radical (unpaired) electrons. The minimum atomic E-state index is 0.107. The molecule has 1 aromatic heterocycles. The second-order valence-electron chi connectivity index (χ2n) is 5.99. The Morgan fingerprint density at radius 1 is 1.26 bits per heavy atom. The lowest BCUT2D eigenvalue weighted by Gasteiger charge is -2.35. The van der Waals surface area contributed by atoms with E-state index in [4.69, 9.17) is 0 Å². The second-order valence-corrected chi connectivity index (χ2v) is 5.99. The SMILES string of the molecule is Cc1n[nH]c(C)c1C(=O)N(C)C1CC2CCC(C1)N2. The molecule has 2 atom stereocenters. The second kappa shape index (κ2) is 4.63. The molecule has 0 spiro atoms. The number of hydrogen-bond donors (Lipinski definition) is 2. The van der Waals surface area contributed by atoms with E-state index in [2.05, 4.69) is 15.5 Å². The Bertz CT molecular complexity index is 464. The van der Waals surface area contributed by atoms with E-state index in [-0.39, 0.29) is 5.91 Å². The predicted octanol–water partition coefficient (Wildman–Crippen LogP) is 1.38. The van der Waals surface area contributed by atoms with Crippen LogP contribution in [0.2, 0.25) is 0 Å². The van der Waals surface area contributed by atoms with Gasteiger partial charge in [0.25, 0.3) is 5.91 Å². The molecule has 0 saturated carbocycles. The summed E-state index contributed by atoms with van der Waals surface area (Å²) < 4.78 is 0. The number of aromatic nitrogens is 2. The van der Waals surface area contributed by atoms with Gasteiger partial charge in [-0.1, -0.05) is 0 Å². The number of amides is 1. The predicted molar refractivity (Wildman–Crippen MR) is 73.1 cm³/mol. The lowest BCUT2D eigenvalue weighted by atomic mass is 9.97. The Kier molecular flexibility index (Phi) is 3.09. The summed E-state index contributed by atoms with van der Waals surface area (Å²) in [5.41, 5.74) is 2.41. The first kappa shape index (κ1) is 12.7. The van der Waals surface area contributed by atoms with Gasteiger partial charge in [0.15, 0.2) is 0 Å². The fourth-order valence-corrected chi connectivity index (χ4v) is 3.55. The average Bonchev–Trinajstić information content (AvgIpc) is 2.90. The molecule has 19 heavy (non-hydrogen) atoms. The summed E-state index contributed by atoms with van der Waals surface area (Å²) in [6, 6.07) is 1.57. The van der Waals surface area contributed by atoms with E-state index in [1.54, 1.807) is 0 Å². The zero-order valence-electron chi connectivity index (χ0n) is 11.9. The van der Waals surface area contributed by atoms with Gasteiger partial charge in [-0.25, -0.2) is 0 Å². The fraction of sp³-hybridized carbons (Fsp3) is 0.714. The van der Waals surface area contributed by atoms with E-state index >= 15 is 0 Å². The maximum Gasteiger partial charge on any atom is 0.257 e. The van der Waals surface area contributed by atoms with E-state index in [1.807, 2.05) is 25.8 Å². The highest BCUT2D eigenvalue weighted by atomic mass is 16.2. The number of nitrogens with one attached hydrogen (secondary N) is 2. The Morgan fingerprint density at radius 3 is 2.42 bits per heavy atom. The molecule has 2 saturated heterocycles. The van der Waals surface area contributed by atoms with Crippen LogP contribution in [0, 0.1) is 13.8 Å². The van der Waals surface area contributed by atoms with Gasteiger partial charge in [0.2, 0.25) is 0 Å². The number of carbonyl (C=O) groups is 1. The minimum Gasteiger partial charge on any atom is -0.338 e. The van der Waals surface area contributed by atoms with Crippen LogP contribution in [0.5, 0.6) is 0 Å². The maximum atomic E-state index is 12.6. The molecular formula is C14H22N4O. The molecule has 3 rings (SSSR count). The summed E-state index contributed by atoms with van der Waals surface area (Å²) in [5, 5.41) is 10.6. The maximum absolute atomic E-state index is 12.6. The monoisotopic (exact) mass is 262 g/mol. The third-order valence-corrected chi connectivity index (χ3v) is 4.66. The summed E-state index contributed by atoms with van der Waals surface area (Å²) in [5.74, 6) is 0.107. The summed E-state index contributed by atoms with van der Waals surface area (Å²) in [7, 11) is 1.93. The van der Waals surface area contributed by atoms with Crippen molar-refractivity contribution in [1.82, 2.24) is 20.4 Å². The third-order valence-electron chi connectivity index (χ3n) is 4.66. The van der Waals surface area contributed by atoms with E-state index < -0.39 is 0 Å². The molecule has 104 valence electrons. The Balaban J connectivity index is 1.77. The van der Waals surface area contributed by atoms with Crippen molar-refractivity contribution in [2.75, 3.05) is 7.05 Å². The zero-order chi connectivity index (χ0) is 13.6. The molecule has 0 aliphatic carbocycles. The minimum absolute atomic E-state index is 0.107. The molecule has 2 N–H and O–H groups in total. The number of H-pyrrole nitrogens is 1. The molecule has 0 aromatic carbocycles. The number of aryl methyl sites for hydroxylation is 2. The normalized spacial score (nSPS) is 29.5. The molecule has 2 aliphatic rings. The Morgan fingerprint density at radius 2 is 1.89 bits per heavy atom. The van der Waals surface area contributed by atoms with Gasteiger partial charge in [-0.05, 0) is 39.5 Å². The number of nitrogens with zero attached hydrogens (tertiary/aromatic N) is 2. The van der Waals surface area contributed by atoms with Crippen molar-refractivity contribution in [3.8, 4) is 0 Å². The van der Waals surface area contributed by atoms with Crippen LogP contribution in [0.15, 0.2) is 0 Å². The van der Waals surface area contributed by atoms with Crippen molar-refractivity contribution in [1.29, 1.82) is 0 Å². The van der Waals surface area contributed by atoms with Crippen LogP contribution in [0.25, 0.3) is 0 Å². The van der Waals surface area contributed by atoms with E-state index in [9.17, 15) is 4.79 Å². The first-order valence-electron chi connectivity index (χ1n) is 7.11. The van der Waals surface area contributed by atoms with Gasteiger partial charge < -0.3 is 10.2 Å². The van der Waals surface area contributed by atoms with Crippen LogP contribution in [0.3, 0.4) is 0 Å². The highest BCUT2D eigenvalue weighted by molar-refractivity contribution is 5.96. The van der Waals surface area contributed by atoms with Crippen LogP contribution < -0.4 is 5.32 Å². The first-order chi connectivity index (χ1) is 9.06. The van der Waals surface area contributed by atoms with Crippen molar-refractivity contribution >= 4 is 5.91 Å². The summed E-state index contributed by atoms with van der Waals surface area (Å²) >= 11 is 0. The largest absolute Gasteiger partial charge is 0.338 e. The number of aromatic amines is 1. The first-order valence-corrected chi connectivity index (χ1v) is 7.11. The van der Waals surface area contributed by atoms with E-state index in [1.165, 1.54) is 12.8 Å². The smallest absolute Gasteiger partial charge is 0.257 e. The summed E-state index contributed by atoms with van der Waals surface area (Å²) in [4.78, 5) is 14.6. The summed E-state index contributed by atoms with van der Waals surface area (Å²) in [6.07, 6.45) is 4.67. The van der Waals surface area contributed by atoms with Crippen LogP contribution in [-0.4, -0.2) is 46.2 Å². The van der Waals surface area contributed by atoms with Crippen LogP contribution >= 0.6 is 0 Å². The van der Waals surface area contributed by atoms with Crippen molar-refractivity contribution in [2.45, 2.75) is 57.7 Å². The van der Waals surface area contributed by atoms with E-state index in [0.29, 0.717) is 18.1 Å². The lowest BCUT2D eigenvalue weighted by Crippen LogP contribution is -2.48. The van der Waals surface area contributed by atoms with Gasteiger partial charge in [0.05, 0.1) is 11.3 Å². The number of rotatable bonds is 2. The molecular weight excluding hydrogens is 240 g/mol. The van der Waals surface area contributed by atoms with Crippen molar-refractivity contribution in [2.24, 2.45) is 0 Å².